The van der Waals surface area contributed by atoms with E-state index in [4.69, 9.17) is 26.5 Å². The van der Waals surface area contributed by atoms with Gasteiger partial charge < -0.3 is 24.3 Å². The first kappa shape index (κ1) is 76.8. The van der Waals surface area contributed by atoms with Crippen LogP contribution in [0.25, 0.3) is 22.3 Å². The van der Waals surface area contributed by atoms with Gasteiger partial charge in [-0.3, -0.25) is 0 Å². The van der Waals surface area contributed by atoms with Crippen LogP contribution in [0.4, 0.5) is 0 Å². The Kier molecular flexibility index (Phi) is 26.0. The summed E-state index contributed by atoms with van der Waals surface area (Å²) < 4.78 is 12.1. The SMILES string of the molecule is CCc1ccc(C2=CC=CC3C2C=C(C(C)C)C3[Si](C)(C)C2C(C)=CC3C(c4ccc(COC(C)(C)C)cc4)=CC=CC32)cc1.CCc1ccc(C2=CC=CC3C2CC(C(C)C)C3[Si](C)(C)C2C(C)CC3C(c4ccc(COC(C)(C)C)cc4)=CC=CC32)cc1.[CH3-].[CH3-].[Cl][Zr+2][Cl]. The summed E-state index contributed by atoms with van der Waals surface area (Å²) in [6.07, 6.45) is 39.8. The molecule has 4 aromatic carbocycles. The molecule has 2 fully saturated rings. The van der Waals surface area contributed by atoms with Crippen molar-refractivity contribution < 1.29 is 30.3 Å². The van der Waals surface area contributed by atoms with Gasteiger partial charge in [-0.2, -0.15) is 0 Å². The van der Waals surface area contributed by atoms with Crippen molar-refractivity contribution in [2.45, 2.75) is 195 Å². The average Bonchev–Trinajstić information content (AvgIpc) is 1.59. The molecule has 0 amide bonds. The predicted octanol–water partition coefficient (Wildman–Crippen LogP) is 25.7. The molecule has 0 radical (unpaired) electrons. The number of rotatable bonds is 16. The summed E-state index contributed by atoms with van der Waals surface area (Å²) in [5.41, 5.74) is 23.0. The van der Waals surface area contributed by atoms with Crippen LogP contribution >= 0.6 is 17.0 Å². The van der Waals surface area contributed by atoms with E-state index >= 15 is 0 Å². The summed E-state index contributed by atoms with van der Waals surface area (Å²) in [6, 6.07) is 37.3. The summed E-state index contributed by atoms with van der Waals surface area (Å²) in [5.74, 6) is 7.42. The molecule has 4 aromatic rings. The van der Waals surface area contributed by atoms with Crippen molar-refractivity contribution in [2.75, 3.05) is 0 Å². The molecular formula is C88H118Cl2O2Si2Zr. The molecule has 14 atom stereocenters. The number of hydrogen-bond acceptors (Lipinski definition) is 2. The van der Waals surface area contributed by atoms with E-state index in [1.54, 1.807) is 22.3 Å². The minimum atomic E-state index is -1.87. The van der Waals surface area contributed by atoms with Gasteiger partial charge >= 0.3 is 37.9 Å². The van der Waals surface area contributed by atoms with E-state index < -0.39 is 37.0 Å². The van der Waals surface area contributed by atoms with Crippen LogP contribution in [-0.2, 0) is 56.4 Å². The van der Waals surface area contributed by atoms with Crippen molar-refractivity contribution in [3.8, 4) is 0 Å². The Labute approximate surface area is 599 Å². The van der Waals surface area contributed by atoms with Crippen LogP contribution in [0.3, 0.4) is 0 Å². The zero-order valence-electron chi connectivity index (χ0n) is 61.9. The van der Waals surface area contributed by atoms with Crippen molar-refractivity contribution in [2.24, 2.45) is 71.0 Å². The summed E-state index contributed by atoms with van der Waals surface area (Å²) in [7, 11) is 6.27. The zero-order valence-corrected chi connectivity index (χ0v) is 67.8. The van der Waals surface area contributed by atoms with Crippen molar-refractivity contribution in [3.05, 3.63) is 253 Å². The van der Waals surface area contributed by atoms with Gasteiger partial charge in [0.25, 0.3) is 0 Å². The van der Waals surface area contributed by atoms with Crippen LogP contribution in [-0.4, -0.2) is 27.3 Å². The molecule has 0 aliphatic heterocycles. The molecule has 14 unspecified atom stereocenters. The molecule has 0 heterocycles. The van der Waals surface area contributed by atoms with Crippen molar-refractivity contribution in [3.63, 3.8) is 0 Å². The molecule has 0 spiro atoms. The second-order valence-corrected chi connectivity index (χ2v) is 46.3. The topological polar surface area (TPSA) is 18.5 Å². The number of benzene rings is 4. The van der Waals surface area contributed by atoms with Crippen LogP contribution in [0.5, 0.6) is 0 Å². The predicted molar refractivity (Wildman–Crippen MR) is 418 cm³/mol. The molecule has 12 rings (SSSR count). The van der Waals surface area contributed by atoms with Crippen LogP contribution in [0.15, 0.2) is 193 Å². The molecule has 95 heavy (non-hydrogen) atoms. The summed E-state index contributed by atoms with van der Waals surface area (Å²) in [4.78, 5) is 0. The Morgan fingerprint density at radius 3 is 1.24 bits per heavy atom. The Balaban J connectivity index is 0.000000229. The fraction of sp³-hybridized carbons (Fsp3) is 0.477. The second-order valence-electron chi connectivity index (χ2n) is 32.7. The van der Waals surface area contributed by atoms with E-state index in [0.717, 1.165) is 41.7 Å². The molecule has 0 N–H and O–H groups in total. The maximum atomic E-state index is 6.06. The maximum absolute atomic E-state index is 6.06. The van der Waals surface area contributed by atoms with E-state index in [1.807, 2.05) is 0 Å². The van der Waals surface area contributed by atoms with Gasteiger partial charge in [0.15, 0.2) is 0 Å². The Bertz CT molecular complexity index is 3550. The fourth-order valence-electron chi connectivity index (χ4n) is 19.4. The average molecular weight is 1430 g/mol. The van der Waals surface area contributed by atoms with E-state index in [1.165, 1.54) is 68.5 Å². The number of ether oxygens (including phenoxy) is 2. The quantitative estimate of drug-likeness (QED) is 0.0632. The summed E-state index contributed by atoms with van der Waals surface area (Å²) in [6.45, 7) is 44.5. The molecule has 2 saturated carbocycles. The molecule has 0 aromatic heterocycles. The normalized spacial score (nSPS) is 27.9. The Hall–Kier alpha value is -3.90. The number of allylic oxidation sites excluding steroid dienone is 20. The Morgan fingerprint density at radius 2 is 0.842 bits per heavy atom. The van der Waals surface area contributed by atoms with Gasteiger partial charge in [-0.15, -0.1) is 0 Å². The number of halogens is 2. The van der Waals surface area contributed by atoms with Gasteiger partial charge in [0.05, 0.1) is 40.6 Å². The third-order valence-corrected chi connectivity index (χ3v) is 33.3. The van der Waals surface area contributed by atoms with Gasteiger partial charge in [-0.1, -0.05) is 268 Å². The monoisotopic (exact) mass is 1420 g/mol. The van der Waals surface area contributed by atoms with Crippen LogP contribution in [0.1, 0.15) is 154 Å². The molecule has 0 saturated heterocycles. The number of fused-ring (bicyclic) bond motifs is 4. The fourth-order valence-corrected chi connectivity index (χ4v) is 31.3. The molecule has 8 aliphatic rings. The van der Waals surface area contributed by atoms with Gasteiger partial charge in [0.1, 0.15) is 0 Å². The van der Waals surface area contributed by atoms with Gasteiger partial charge in [0, 0.05) is 11.8 Å². The van der Waals surface area contributed by atoms with Crippen LogP contribution < -0.4 is 0 Å². The number of hydrogen-bond donors (Lipinski definition) is 0. The summed E-state index contributed by atoms with van der Waals surface area (Å²) >= 11 is -0.826. The van der Waals surface area contributed by atoms with Crippen molar-refractivity contribution in [1.82, 2.24) is 0 Å². The third kappa shape index (κ3) is 16.8. The standard InChI is InChI=1S/C43H58OSi.C43H54OSi.2CH3.2ClH.Zr/c2*1-10-30-17-21-32(22-18-30)35-14-12-16-37-40(35)26-38(28(2)3)42(37)45(8,9)41-29(4)25-39-34(13-11-15-36(39)41)33-23-19-31(20-24-33)27-44-43(5,6)7;;;;;/h11-24,28-29,36-42H,10,25-27H2,1-9H3;11-26,28,36-37,39-42H,10,27H2,1-9H3;2*1H3;2*1H;/q;;2*-1;;;+4/p-2. The first-order valence-electron chi connectivity index (χ1n) is 35.7. The zero-order chi connectivity index (χ0) is 66.9. The minimum absolute atomic E-state index is 0. The van der Waals surface area contributed by atoms with E-state index in [0.29, 0.717) is 77.6 Å². The van der Waals surface area contributed by atoms with E-state index in [9.17, 15) is 0 Å². The van der Waals surface area contributed by atoms with Gasteiger partial charge in [-0.05, 0) is 222 Å². The molecular weight excluding hydrogens is 1310 g/mol. The third-order valence-electron chi connectivity index (χ3n) is 23.4. The van der Waals surface area contributed by atoms with E-state index in [2.05, 4.69) is 305 Å². The Morgan fingerprint density at radius 1 is 0.484 bits per heavy atom. The van der Waals surface area contributed by atoms with E-state index in [-0.39, 0.29) is 26.1 Å². The first-order chi connectivity index (χ1) is 44.2. The molecule has 508 valence electrons. The first-order valence-corrected chi connectivity index (χ1v) is 48.4. The van der Waals surface area contributed by atoms with Gasteiger partial charge in [-0.25, -0.2) is 0 Å². The van der Waals surface area contributed by atoms with Crippen molar-refractivity contribution in [1.29, 1.82) is 0 Å². The van der Waals surface area contributed by atoms with Crippen LogP contribution in [0, 0.1) is 85.9 Å². The molecule has 0 bridgehead atoms. The summed E-state index contributed by atoms with van der Waals surface area (Å²) in [5, 5.41) is 0. The van der Waals surface area contributed by atoms with Crippen molar-refractivity contribution >= 4 is 55.5 Å². The van der Waals surface area contributed by atoms with Gasteiger partial charge in [0.2, 0.25) is 0 Å². The molecule has 7 heteroatoms. The molecule has 8 aliphatic carbocycles. The van der Waals surface area contributed by atoms with Crippen LogP contribution in [0.2, 0.25) is 48.4 Å². The second kappa shape index (κ2) is 32.2. The number of aryl methyl sites for hydroxylation is 2. The molecule has 2 nitrogen and oxygen atoms in total.